The van der Waals surface area contributed by atoms with E-state index in [1.54, 1.807) is 0 Å². The minimum atomic E-state index is -0.238. The number of carbonyl (C=O) groups is 2. The van der Waals surface area contributed by atoms with Crippen molar-refractivity contribution in [2.75, 3.05) is 17.6 Å². The Hall–Kier alpha value is -2.35. The molecule has 0 saturated heterocycles. The van der Waals surface area contributed by atoms with Gasteiger partial charge < -0.3 is 15.2 Å². The van der Waals surface area contributed by atoms with Crippen molar-refractivity contribution in [3.05, 3.63) is 35.2 Å². The van der Waals surface area contributed by atoms with E-state index in [1.807, 2.05) is 39.0 Å². The van der Waals surface area contributed by atoms with Crippen LogP contribution in [0.4, 0.5) is 5.69 Å². The second-order valence-electron chi connectivity index (χ2n) is 7.55. The third-order valence-electron chi connectivity index (χ3n) is 5.43. The third-order valence-corrected chi connectivity index (χ3v) is 6.38. The predicted molar refractivity (Wildman–Crippen MR) is 115 cm³/mol. The minimum absolute atomic E-state index is 0.0544. The second kappa shape index (κ2) is 9.91. The van der Waals surface area contributed by atoms with Gasteiger partial charge in [0.25, 0.3) is 0 Å². The molecule has 29 heavy (non-hydrogen) atoms. The van der Waals surface area contributed by atoms with Gasteiger partial charge in [-0.2, -0.15) is 0 Å². The Morgan fingerprint density at radius 1 is 1.10 bits per heavy atom. The normalized spacial score (nSPS) is 14.6. The zero-order chi connectivity index (χ0) is 20.8. The molecule has 0 atom stereocenters. The van der Waals surface area contributed by atoms with Crippen LogP contribution in [0.3, 0.4) is 0 Å². The summed E-state index contributed by atoms with van der Waals surface area (Å²) in [5.74, 6) is 0.676. The van der Waals surface area contributed by atoms with E-state index in [9.17, 15) is 9.59 Å². The standard InChI is InChI=1S/C21H29N5O2S/c1-14-8-7-11-18(15(14)2)23-19(27)12-22-20(28)13-29-21-25-24-16(3)26(21)17-9-5-4-6-10-17/h7-8,11,17H,4-6,9-10,12-13H2,1-3H3,(H,22,28)(H,23,27). The van der Waals surface area contributed by atoms with Crippen LogP contribution in [-0.2, 0) is 9.59 Å². The molecule has 1 heterocycles. The van der Waals surface area contributed by atoms with Crippen LogP contribution in [-0.4, -0.2) is 38.9 Å². The molecule has 7 nitrogen and oxygen atoms in total. The van der Waals surface area contributed by atoms with Gasteiger partial charge in [0.1, 0.15) is 5.82 Å². The summed E-state index contributed by atoms with van der Waals surface area (Å²) in [6, 6.07) is 6.18. The number of thioether (sulfide) groups is 1. The summed E-state index contributed by atoms with van der Waals surface area (Å²) in [7, 11) is 0. The Morgan fingerprint density at radius 2 is 1.86 bits per heavy atom. The summed E-state index contributed by atoms with van der Waals surface area (Å²) in [4.78, 5) is 24.4. The van der Waals surface area contributed by atoms with Gasteiger partial charge >= 0.3 is 0 Å². The fourth-order valence-corrected chi connectivity index (χ4v) is 4.53. The highest BCUT2D eigenvalue weighted by Crippen LogP contribution is 2.32. The zero-order valence-electron chi connectivity index (χ0n) is 17.3. The molecular weight excluding hydrogens is 386 g/mol. The monoisotopic (exact) mass is 415 g/mol. The molecule has 1 fully saturated rings. The van der Waals surface area contributed by atoms with Gasteiger partial charge in [0.2, 0.25) is 11.8 Å². The van der Waals surface area contributed by atoms with E-state index in [2.05, 4.69) is 25.4 Å². The largest absolute Gasteiger partial charge is 0.346 e. The van der Waals surface area contributed by atoms with Crippen molar-refractivity contribution in [1.82, 2.24) is 20.1 Å². The smallest absolute Gasteiger partial charge is 0.243 e. The third kappa shape index (κ3) is 5.59. The molecule has 1 aliphatic rings. The molecule has 1 aromatic heterocycles. The molecule has 0 radical (unpaired) electrons. The van der Waals surface area contributed by atoms with E-state index in [4.69, 9.17) is 0 Å². The van der Waals surface area contributed by atoms with Crippen LogP contribution in [0.5, 0.6) is 0 Å². The number of hydrogen-bond acceptors (Lipinski definition) is 5. The molecule has 2 N–H and O–H groups in total. The van der Waals surface area contributed by atoms with Crippen molar-refractivity contribution in [3.63, 3.8) is 0 Å². The number of aryl methyl sites for hydroxylation is 2. The predicted octanol–water partition coefficient (Wildman–Crippen LogP) is 3.56. The first kappa shape index (κ1) is 21.4. The Morgan fingerprint density at radius 3 is 2.62 bits per heavy atom. The van der Waals surface area contributed by atoms with Crippen LogP contribution in [0.25, 0.3) is 0 Å². The first-order chi connectivity index (χ1) is 14.0. The van der Waals surface area contributed by atoms with Gasteiger partial charge in [0, 0.05) is 11.7 Å². The molecule has 2 amide bonds. The van der Waals surface area contributed by atoms with Gasteiger partial charge in [-0.25, -0.2) is 0 Å². The van der Waals surface area contributed by atoms with Crippen LogP contribution in [0.15, 0.2) is 23.4 Å². The van der Waals surface area contributed by atoms with E-state index in [-0.39, 0.29) is 24.1 Å². The van der Waals surface area contributed by atoms with Crippen molar-refractivity contribution in [3.8, 4) is 0 Å². The number of anilines is 1. The molecule has 1 saturated carbocycles. The molecule has 156 valence electrons. The molecule has 0 aliphatic heterocycles. The highest BCUT2D eigenvalue weighted by Gasteiger charge is 2.21. The lowest BCUT2D eigenvalue weighted by Crippen LogP contribution is -2.34. The quantitative estimate of drug-likeness (QED) is 0.675. The van der Waals surface area contributed by atoms with E-state index in [0.717, 1.165) is 40.6 Å². The van der Waals surface area contributed by atoms with Gasteiger partial charge in [0.15, 0.2) is 5.16 Å². The van der Waals surface area contributed by atoms with E-state index < -0.39 is 0 Å². The zero-order valence-corrected chi connectivity index (χ0v) is 18.1. The molecule has 1 aliphatic carbocycles. The maximum atomic E-state index is 12.2. The average molecular weight is 416 g/mol. The number of rotatable bonds is 7. The van der Waals surface area contributed by atoms with E-state index in [0.29, 0.717) is 6.04 Å². The van der Waals surface area contributed by atoms with Crippen molar-refractivity contribution in [1.29, 1.82) is 0 Å². The fourth-order valence-electron chi connectivity index (χ4n) is 3.65. The highest BCUT2D eigenvalue weighted by atomic mass is 32.2. The molecule has 1 aromatic carbocycles. The summed E-state index contributed by atoms with van der Waals surface area (Å²) in [5, 5.41) is 14.8. The van der Waals surface area contributed by atoms with Crippen molar-refractivity contribution >= 4 is 29.3 Å². The van der Waals surface area contributed by atoms with Crippen molar-refractivity contribution < 1.29 is 9.59 Å². The number of aromatic nitrogens is 3. The molecule has 0 unspecified atom stereocenters. The Balaban J connectivity index is 1.48. The lowest BCUT2D eigenvalue weighted by Gasteiger charge is -2.24. The molecular formula is C21H29N5O2S. The van der Waals surface area contributed by atoms with Gasteiger partial charge in [-0.15, -0.1) is 10.2 Å². The van der Waals surface area contributed by atoms with E-state index >= 15 is 0 Å². The first-order valence-corrected chi connectivity index (χ1v) is 11.1. The summed E-state index contributed by atoms with van der Waals surface area (Å²) in [6.45, 7) is 5.87. The molecule has 8 heteroatoms. The van der Waals surface area contributed by atoms with Gasteiger partial charge in [0.05, 0.1) is 12.3 Å². The van der Waals surface area contributed by atoms with Crippen molar-refractivity contribution in [2.45, 2.75) is 64.1 Å². The highest BCUT2D eigenvalue weighted by molar-refractivity contribution is 7.99. The maximum Gasteiger partial charge on any atom is 0.243 e. The minimum Gasteiger partial charge on any atom is -0.346 e. The van der Waals surface area contributed by atoms with Crippen LogP contribution in [0.1, 0.15) is 55.1 Å². The SMILES string of the molecule is Cc1cccc(NC(=O)CNC(=O)CSc2nnc(C)n2C2CCCCC2)c1C. The van der Waals surface area contributed by atoms with Crippen LogP contribution in [0, 0.1) is 20.8 Å². The topological polar surface area (TPSA) is 88.9 Å². The summed E-state index contributed by atoms with van der Waals surface area (Å²) in [6.07, 6.45) is 6.01. The Labute approximate surface area is 176 Å². The lowest BCUT2D eigenvalue weighted by molar-refractivity contribution is -0.122. The molecule has 3 rings (SSSR count). The van der Waals surface area contributed by atoms with Gasteiger partial charge in [-0.1, -0.05) is 43.2 Å². The van der Waals surface area contributed by atoms with Crippen molar-refractivity contribution in [2.24, 2.45) is 0 Å². The molecule has 0 spiro atoms. The van der Waals surface area contributed by atoms with Gasteiger partial charge in [-0.3, -0.25) is 9.59 Å². The van der Waals surface area contributed by atoms with Crippen LogP contribution in [0.2, 0.25) is 0 Å². The number of hydrogen-bond donors (Lipinski definition) is 2. The first-order valence-electron chi connectivity index (χ1n) is 10.1. The number of benzene rings is 1. The Kier molecular flexibility index (Phi) is 7.30. The summed E-state index contributed by atoms with van der Waals surface area (Å²) in [5.41, 5.74) is 2.91. The summed E-state index contributed by atoms with van der Waals surface area (Å²) >= 11 is 1.38. The average Bonchev–Trinajstić information content (AvgIpc) is 3.09. The second-order valence-corrected chi connectivity index (χ2v) is 8.50. The lowest BCUT2D eigenvalue weighted by atomic mass is 9.95. The Bertz CT molecular complexity index is 874. The van der Waals surface area contributed by atoms with Crippen LogP contribution < -0.4 is 10.6 Å². The maximum absolute atomic E-state index is 12.2. The number of nitrogens with one attached hydrogen (secondary N) is 2. The van der Waals surface area contributed by atoms with Crippen LogP contribution >= 0.6 is 11.8 Å². The number of carbonyl (C=O) groups excluding carboxylic acids is 2. The number of amides is 2. The van der Waals surface area contributed by atoms with Gasteiger partial charge in [-0.05, 0) is 50.8 Å². The summed E-state index contributed by atoms with van der Waals surface area (Å²) < 4.78 is 2.17. The fraction of sp³-hybridized carbons (Fsp3) is 0.524. The number of nitrogens with zero attached hydrogens (tertiary/aromatic N) is 3. The molecule has 0 bridgehead atoms. The molecule has 2 aromatic rings. The van der Waals surface area contributed by atoms with E-state index in [1.165, 1.54) is 31.0 Å².